The molecule has 0 aromatic rings. The fourth-order valence-corrected chi connectivity index (χ4v) is 0. The van der Waals surface area contributed by atoms with Crippen LogP contribution < -0.4 is 12.4 Å². The molecular weight excluding hydrogens is 275 g/mol. The van der Waals surface area contributed by atoms with Gasteiger partial charge in [-0.25, -0.2) is 0 Å². The van der Waals surface area contributed by atoms with E-state index in [1.165, 1.54) is 0 Å². The molecule has 0 aliphatic heterocycles. The van der Waals surface area contributed by atoms with Gasteiger partial charge in [0.2, 0.25) is 0 Å². The van der Waals surface area contributed by atoms with E-state index in [2.05, 4.69) is 0 Å². The molecule has 0 unspecified atom stereocenters. The van der Waals surface area contributed by atoms with Crippen molar-refractivity contribution in [3.05, 3.63) is 0 Å². The van der Waals surface area contributed by atoms with Crippen molar-refractivity contribution in [3.8, 4) is 0 Å². The van der Waals surface area contributed by atoms with Crippen LogP contribution in [0.3, 0.4) is 0 Å². The fraction of sp³-hybridized carbons (Fsp3) is 1.00. The summed E-state index contributed by atoms with van der Waals surface area (Å²) < 4.78 is 0. The normalized spacial score (nSPS) is 10.6. The Balaban J connectivity index is -0.0000000400. The van der Waals surface area contributed by atoms with Gasteiger partial charge in [-0.3, -0.25) is 0 Å². The monoisotopic (exact) mass is 305 g/mol. The van der Waals surface area contributed by atoms with Gasteiger partial charge in [0.05, 0.1) is 16.8 Å². The molecule has 0 saturated heterocycles. The van der Waals surface area contributed by atoms with E-state index >= 15 is 0 Å². The van der Waals surface area contributed by atoms with Crippen LogP contribution in [0.2, 0.25) is 0 Å². The third kappa shape index (κ3) is 4780. The minimum absolute atomic E-state index is 0. The summed E-state index contributed by atoms with van der Waals surface area (Å²) in [5.74, 6) is 0. The first kappa shape index (κ1) is 30.7. The molecule has 108 valence electrons. The van der Waals surface area contributed by atoms with Gasteiger partial charge in [-0.15, -0.1) is 0 Å². The minimum Gasteiger partial charge on any atom is -1.00 e. The summed E-state index contributed by atoms with van der Waals surface area (Å²) >= 11 is 0. The smallest absolute Gasteiger partial charge is 0.0563 e. The van der Waals surface area contributed by atoms with Crippen LogP contribution in [0.1, 0.15) is 62.3 Å². The van der Waals surface area contributed by atoms with Crippen LogP contribution in [0.25, 0.3) is 0 Å². The van der Waals surface area contributed by atoms with Crippen LogP contribution in [0, 0.1) is 0 Å². The standard InChI is InChI=1S/3C4H10O.ClH.Ti/c3*1-4(2,3)5;;/h3*5H,1-3H3;1H;/p-1. The van der Waals surface area contributed by atoms with Gasteiger partial charge in [0.15, 0.2) is 0 Å². The molecule has 0 bridgehead atoms. The number of rotatable bonds is 0. The summed E-state index contributed by atoms with van der Waals surface area (Å²) in [6.45, 7) is 15.7. The quantitative estimate of drug-likeness (QED) is 0.521. The van der Waals surface area contributed by atoms with Gasteiger partial charge in [0.25, 0.3) is 0 Å². The number of aliphatic hydroxyl groups is 3. The van der Waals surface area contributed by atoms with E-state index in [9.17, 15) is 0 Å². The molecule has 5 heteroatoms. The second-order valence-electron chi connectivity index (χ2n) is 6.51. The van der Waals surface area contributed by atoms with Gasteiger partial charge in [-0.2, -0.15) is 0 Å². The second kappa shape index (κ2) is 11.9. The van der Waals surface area contributed by atoms with Gasteiger partial charge in [-0.1, -0.05) is 0 Å². The van der Waals surface area contributed by atoms with E-state index in [0.717, 1.165) is 0 Å². The molecule has 0 radical (unpaired) electrons. The Morgan fingerprint density at radius 2 is 0.471 bits per heavy atom. The number of hydrogen-bond acceptors (Lipinski definition) is 3. The molecule has 0 rings (SSSR count). The molecule has 0 fully saturated rings. The van der Waals surface area contributed by atoms with Crippen molar-refractivity contribution in [1.82, 2.24) is 0 Å². The van der Waals surface area contributed by atoms with E-state index in [1.807, 2.05) is 0 Å². The predicted octanol–water partition coefficient (Wildman–Crippen LogP) is -0.667. The van der Waals surface area contributed by atoms with Crippen molar-refractivity contribution in [2.75, 3.05) is 0 Å². The molecule has 0 saturated carbocycles. The van der Waals surface area contributed by atoms with E-state index in [4.69, 9.17) is 15.3 Å². The summed E-state index contributed by atoms with van der Waals surface area (Å²) in [7, 11) is 0. The van der Waals surface area contributed by atoms with Crippen molar-refractivity contribution >= 4 is 0 Å². The summed E-state index contributed by atoms with van der Waals surface area (Å²) in [5.41, 5.74) is -1.50. The van der Waals surface area contributed by atoms with Crippen molar-refractivity contribution in [2.45, 2.75) is 79.1 Å². The number of hydrogen-bond donors (Lipinski definition) is 3. The molecule has 0 heterocycles. The van der Waals surface area contributed by atoms with E-state index in [1.54, 1.807) is 62.3 Å². The Morgan fingerprint density at radius 1 is 0.471 bits per heavy atom. The van der Waals surface area contributed by atoms with Crippen molar-refractivity contribution in [3.63, 3.8) is 0 Å². The van der Waals surface area contributed by atoms with Crippen LogP contribution in [0.4, 0.5) is 0 Å². The average Bonchev–Trinajstić information content (AvgIpc) is 1.41. The van der Waals surface area contributed by atoms with Gasteiger partial charge in [0.1, 0.15) is 0 Å². The summed E-state index contributed by atoms with van der Waals surface area (Å²) in [6.07, 6.45) is 0. The van der Waals surface area contributed by atoms with E-state index in [-0.39, 0.29) is 34.1 Å². The number of halogens is 1. The Labute approximate surface area is 128 Å². The van der Waals surface area contributed by atoms with E-state index < -0.39 is 16.8 Å². The van der Waals surface area contributed by atoms with Crippen LogP contribution >= 0.6 is 0 Å². The minimum atomic E-state index is -0.500. The molecule has 17 heavy (non-hydrogen) atoms. The molecule has 0 spiro atoms. The molecule has 0 amide bonds. The first-order chi connectivity index (χ1) is 6.00. The third-order valence-electron chi connectivity index (χ3n) is 0. The van der Waals surface area contributed by atoms with Gasteiger partial charge < -0.3 is 27.7 Å². The van der Waals surface area contributed by atoms with Gasteiger partial charge in [-0.05, 0) is 62.3 Å². The first-order valence-electron chi connectivity index (χ1n) is 5.17. The average molecular weight is 306 g/mol. The topological polar surface area (TPSA) is 60.7 Å². The van der Waals surface area contributed by atoms with Crippen LogP contribution in [-0.2, 0) is 21.7 Å². The molecule has 0 atom stereocenters. The Hall–Kier alpha value is 0.884. The molecule has 0 aromatic heterocycles. The van der Waals surface area contributed by atoms with Crippen LogP contribution in [0.5, 0.6) is 0 Å². The Bertz CT molecular complexity index is 96.8. The van der Waals surface area contributed by atoms with Crippen LogP contribution in [0.15, 0.2) is 0 Å². The van der Waals surface area contributed by atoms with Gasteiger partial charge in [0, 0.05) is 21.7 Å². The Morgan fingerprint density at radius 3 is 0.471 bits per heavy atom. The second-order valence-corrected chi connectivity index (χ2v) is 6.51. The van der Waals surface area contributed by atoms with Crippen molar-refractivity contribution in [2.24, 2.45) is 0 Å². The maximum absolute atomic E-state index is 8.52. The zero-order chi connectivity index (χ0) is 13.5. The molecule has 3 nitrogen and oxygen atoms in total. The van der Waals surface area contributed by atoms with Crippen molar-refractivity contribution < 1.29 is 49.4 Å². The van der Waals surface area contributed by atoms with Crippen LogP contribution in [-0.4, -0.2) is 32.1 Å². The third-order valence-corrected chi connectivity index (χ3v) is 0. The maximum Gasteiger partial charge on any atom is 0.0563 e. The van der Waals surface area contributed by atoms with E-state index in [0.29, 0.717) is 0 Å². The summed E-state index contributed by atoms with van der Waals surface area (Å²) in [6, 6.07) is 0. The zero-order valence-corrected chi connectivity index (χ0v) is 15.0. The maximum atomic E-state index is 8.52. The summed E-state index contributed by atoms with van der Waals surface area (Å²) in [5, 5.41) is 25.6. The van der Waals surface area contributed by atoms with Gasteiger partial charge >= 0.3 is 0 Å². The molecule has 0 aliphatic rings. The first-order valence-corrected chi connectivity index (χ1v) is 5.17. The fourth-order valence-electron chi connectivity index (χ4n) is 0. The molecule has 0 aliphatic carbocycles. The van der Waals surface area contributed by atoms with Crippen molar-refractivity contribution in [1.29, 1.82) is 0 Å². The summed E-state index contributed by atoms with van der Waals surface area (Å²) in [4.78, 5) is 0. The predicted molar refractivity (Wildman–Crippen MR) is 65.9 cm³/mol. The molecule has 3 N–H and O–H groups in total. The molecule has 0 aromatic carbocycles. The zero-order valence-electron chi connectivity index (χ0n) is 12.7. The SMILES string of the molecule is CC(C)(C)O.CC(C)(C)O.CC(C)(C)O.[Cl-].[Ti]. The largest absolute Gasteiger partial charge is 1.00 e. The molecular formula is C12H30ClO3Ti-. The Kier molecular flexibility index (Phi) is 21.6.